The second kappa shape index (κ2) is 8.66. The number of benzene rings is 1. The Balaban J connectivity index is 2.65. The maximum Gasteiger partial charge on any atom is 0.330 e. The van der Waals surface area contributed by atoms with Crippen LogP contribution in [0, 0.1) is 0 Å². The molecule has 120 valence electrons. The molecule has 0 spiro atoms. The molecule has 0 aliphatic heterocycles. The monoisotopic (exact) mass is 308 g/mol. The van der Waals surface area contributed by atoms with E-state index in [-0.39, 0.29) is 12.5 Å². The topological polar surface area (TPSA) is 105 Å². The number of nitrogens with one attached hydrogen (secondary N) is 2. The predicted octanol–water partition coefficient (Wildman–Crippen LogP) is 0.853. The molecule has 0 heterocycles. The van der Waals surface area contributed by atoms with E-state index in [0.29, 0.717) is 24.2 Å². The molecule has 7 nitrogen and oxygen atoms in total. The summed E-state index contributed by atoms with van der Waals surface area (Å²) in [7, 11) is 1.50. The Kier molecular flexibility index (Phi) is 6.88. The minimum absolute atomic E-state index is 0.242. The Labute approximate surface area is 128 Å². The van der Waals surface area contributed by atoms with Crippen molar-refractivity contribution in [3.63, 3.8) is 0 Å². The van der Waals surface area contributed by atoms with Crippen molar-refractivity contribution in [3.8, 4) is 5.75 Å². The highest BCUT2D eigenvalue weighted by molar-refractivity contribution is 5.88. The first-order chi connectivity index (χ1) is 10.5. The molecule has 7 heteroatoms. The van der Waals surface area contributed by atoms with Gasteiger partial charge in [-0.25, -0.2) is 4.79 Å². The van der Waals surface area contributed by atoms with E-state index >= 15 is 0 Å². The molecule has 1 unspecified atom stereocenters. The lowest BCUT2D eigenvalue weighted by molar-refractivity contribution is -0.141. The highest BCUT2D eigenvalue weighted by atomic mass is 16.5. The summed E-state index contributed by atoms with van der Waals surface area (Å²) in [5.41, 5.74) is 0.418. The summed E-state index contributed by atoms with van der Waals surface area (Å²) in [6.07, 6.45) is 1.01. The molecule has 1 aromatic carbocycles. The Morgan fingerprint density at radius 2 is 1.82 bits per heavy atom. The first-order valence-electron chi connectivity index (χ1n) is 6.90. The number of aliphatic carboxylic acids is 1. The van der Waals surface area contributed by atoms with E-state index < -0.39 is 17.9 Å². The number of rotatable bonds is 8. The molecule has 0 saturated heterocycles. The van der Waals surface area contributed by atoms with E-state index in [0.717, 1.165) is 0 Å². The van der Waals surface area contributed by atoms with Crippen LogP contribution in [0.1, 0.15) is 31.4 Å². The summed E-state index contributed by atoms with van der Waals surface area (Å²) in [5, 5.41) is 14.0. The number of amides is 2. The highest BCUT2D eigenvalue weighted by Crippen LogP contribution is 2.17. The Hall–Kier alpha value is -2.57. The van der Waals surface area contributed by atoms with Crippen molar-refractivity contribution < 1.29 is 24.2 Å². The van der Waals surface area contributed by atoms with Crippen LogP contribution in [0.3, 0.4) is 0 Å². The van der Waals surface area contributed by atoms with Crippen LogP contribution in [0.25, 0.3) is 0 Å². The van der Waals surface area contributed by atoms with Crippen molar-refractivity contribution >= 4 is 17.8 Å². The van der Waals surface area contributed by atoms with Crippen molar-refractivity contribution in [1.82, 2.24) is 10.6 Å². The zero-order valence-corrected chi connectivity index (χ0v) is 12.6. The molecule has 0 fully saturated rings. The molecule has 0 bridgehead atoms. The molecule has 1 atom stereocenters. The fraction of sp³-hybridized carbons (Fsp3) is 0.400. The van der Waals surface area contributed by atoms with Crippen molar-refractivity contribution in [2.75, 3.05) is 13.7 Å². The Morgan fingerprint density at radius 1 is 1.18 bits per heavy atom. The van der Waals surface area contributed by atoms with Crippen LogP contribution in [0.15, 0.2) is 24.3 Å². The maximum atomic E-state index is 11.7. The first-order valence-corrected chi connectivity index (χ1v) is 6.90. The highest BCUT2D eigenvalue weighted by Gasteiger charge is 2.22. The summed E-state index contributed by atoms with van der Waals surface area (Å²) in [5.74, 6) is -1.40. The molecule has 22 heavy (non-hydrogen) atoms. The predicted molar refractivity (Wildman–Crippen MR) is 79.4 cm³/mol. The van der Waals surface area contributed by atoms with Crippen molar-refractivity contribution in [1.29, 1.82) is 0 Å². The maximum absolute atomic E-state index is 11.7. The molecular weight excluding hydrogens is 288 g/mol. The van der Waals surface area contributed by atoms with Crippen LogP contribution in [-0.4, -0.2) is 36.5 Å². The minimum Gasteiger partial charge on any atom is -0.497 e. The summed E-state index contributed by atoms with van der Waals surface area (Å²) >= 11 is 0. The average molecular weight is 308 g/mol. The lowest BCUT2D eigenvalue weighted by Crippen LogP contribution is -2.40. The second-order valence-corrected chi connectivity index (χ2v) is 4.64. The van der Waals surface area contributed by atoms with Gasteiger partial charge >= 0.3 is 5.97 Å². The van der Waals surface area contributed by atoms with Crippen LogP contribution in [0.5, 0.6) is 5.75 Å². The number of ether oxygens (including phenoxy) is 1. The van der Waals surface area contributed by atoms with E-state index in [9.17, 15) is 19.5 Å². The molecule has 0 aliphatic carbocycles. The fourth-order valence-electron chi connectivity index (χ4n) is 1.79. The van der Waals surface area contributed by atoms with Gasteiger partial charge in [-0.2, -0.15) is 0 Å². The van der Waals surface area contributed by atoms with E-state index in [1.807, 2.05) is 6.92 Å². The zero-order chi connectivity index (χ0) is 16.5. The summed E-state index contributed by atoms with van der Waals surface area (Å²) in [4.78, 5) is 34.3. The first kappa shape index (κ1) is 17.5. The second-order valence-electron chi connectivity index (χ2n) is 4.64. The van der Waals surface area contributed by atoms with Crippen LogP contribution in [0.4, 0.5) is 0 Å². The SMILES string of the molecule is CCCC(=O)NCC(=O)NC(C(=O)O)c1ccc(OC)cc1. The largest absolute Gasteiger partial charge is 0.497 e. The molecule has 0 aromatic heterocycles. The van der Waals surface area contributed by atoms with Gasteiger partial charge in [-0.1, -0.05) is 19.1 Å². The molecule has 1 aromatic rings. The lowest BCUT2D eigenvalue weighted by atomic mass is 10.1. The fourth-order valence-corrected chi connectivity index (χ4v) is 1.79. The third-order valence-corrected chi connectivity index (χ3v) is 2.92. The van der Waals surface area contributed by atoms with Gasteiger partial charge in [0.1, 0.15) is 5.75 Å². The minimum atomic E-state index is -1.18. The van der Waals surface area contributed by atoms with Gasteiger partial charge in [-0.05, 0) is 24.1 Å². The smallest absolute Gasteiger partial charge is 0.330 e. The van der Waals surface area contributed by atoms with E-state index in [1.165, 1.54) is 7.11 Å². The Bertz CT molecular complexity index is 527. The van der Waals surface area contributed by atoms with Gasteiger partial charge in [-0.3, -0.25) is 9.59 Å². The average Bonchev–Trinajstić information content (AvgIpc) is 2.51. The van der Waals surface area contributed by atoms with Gasteiger partial charge in [0.25, 0.3) is 0 Å². The van der Waals surface area contributed by atoms with Crippen LogP contribution in [-0.2, 0) is 14.4 Å². The van der Waals surface area contributed by atoms with Gasteiger partial charge in [0.2, 0.25) is 11.8 Å². The molecular formula is C15H20N2O5. The van der Waals surface area contributed by atoms with E-state index in [4.69, 9.17) is 4.74 Å². The number of hydrogen-bond donors (Lipinski definition) is 3. The number of carbonyl (C=O) groups is 3. The van der Waals surface area contributed by atoms with Gasteiger partial charge in [0.15, 0.2) is 6.04 Å². The van der Waals surface area contributed by atoms with E-state index in [1.54, 1.807) is 24.3 Å². The molecule has 2 amide bonds. The summed E-state index contributed by atoms with van der Waals surface area (Å²) in [6.45, 7) is 1.60. The number of hydrogen-bond acceptors (Lipinski definition) is 4. The van der Waals surface area contributed by atoms with Gasteiger partial charge < -0.3 is 20.5 Å². The number of carboxylic acid groups (broad SMARTS) is 1. The third kappa shape index (κ3) is 5.43. The van der Waals surface area contributed by atoms with E-state index in [2.05, 4.69) is 10.6 Å². The lowest BCUT2D eigenvalue weighted by Gasteiger charge is -2.15. The van der Waals surface area contributed by atoms with Gasteiger partial charge in [0, 0.05) is 6.42 Å². The van der Waals surface area contributed by atoms with Gasteiger partial charge in [-0.15, -0.1) is 0 Å². The number of carbonyl (C=O) groups excluding carboxylic acids is 2. The van der Waals surface area contributed by atoms with Crippen LogP contribution >= 0.6 is 0 Å². The zero-order valence-electron chi connectivity index (χ0n) is 12.6. The molecule has 0 radical (unpaired) electrons. The van der Waals surface area contributed by atoms with Crippen LogP contribution in [0.2, 0.25) is 0 Å². The normalized spacial score (nSPS) is 11.4. The summed E-state index contributed by atoms with van der Waals surface area (Å²) < 4.78 is 5.00. The molecule has 1 rings (SSSR count). The molecule has 0 aliphatic rings. The Morgan fingerprint density at radius 3 is 2.32 bits per heavy atom. The standard InChI is InChI=1S/C15H20N2O5/c1-3-4-12(18)16-9-13(19)17-14(15(20)21)10-5-7-11(22-2)8-6-10/h5-8,14H,3-4,9H2,1-2H3,(H,16,18)(H,17,19)(H,20,21). The quantitative estimate of drug-likeness (QED) is 0.660. The number of carboxylic acids is 1. The van der Waals surface area contributed by atoms with Crippen molar-refractivity contribution in [2.45, 2.75) is 25.8 Å². The molecule has 0 saturated carbocycles. The molecule has 3 N–H and O–H groups in total. The summed E-state index contributed by atoms with van der Waals surface area (Å²) in [6, 6.07) is 5.17. The number of methoxy groups -OCH3 is 1. The van der Waals surface area contributed by atoms with Crippen LogP contribution < -0.4 is 15.4 Å². The van der Waals surface area contributed by atoms with Gasteiger partial charge in [0.05, 0.1) is 13.7 Å². The van der Waals surface area contributed by atoms with Crippen molar-refractivity contribution in [2.24, 2.45) is 0 Å². The third-order valence-electron chi connectivity index (χ3n) is 2.92. The van der Waals surface area contributed by atoms with Crippen molar-refractivity contribution in [3.05, 3.63) is 29.8 Å².